The SMILES string of the molecule is C[C@H](OC(=O)CCc1ccccc1F)C(=O)NCc1ccccc1Cl. The van der Waals surface area contributed by atoms with E-state index in [2.05, 4.69) is 5.32 Å². The lowest BCUT2D eigenvalue weighted by Gasteiger charge is -2.14. The van der Waals surface area contributed by atoms with Gasteiger partial charge in [0.15, 0.2) is 6.10 Å². The molecule has 1 atom stereocenters. The molecule has 0 unspecified atom stereocenters. The van der Waals surface area contributed by atoms with Gasteiger partial charge in [0.25, 0.3) is 5.91 Å². The van der Waals surface area contributed by atoms with Crippen molar-refractivity contribution in [2.24, 2.45) is 0 Å². The van der Waals surface area contributed by atoms with Crippen LogP contribution in [0.25, 0.3) is 0 Å². The number of esters is 1. The van der Waals surface area contributed by atoms with Crippen molar-refractivity contribution in [2.75, 3.05) is 0 Å². The maximum atomic E-state index is 13.5. The predicted molar refractivity (Wildman–Crippen MR) is 93.6 cm³/mol. The lowest BCUT2D eigenvalue weighted by Crippen LogP contribution is -2.35. The van der Waals surface area contributed by atoms with Crippen molar-refractivity contribution in [3.05, 3.63) is 70.5 Å². The molecule has 0 spiro atoms. The number of halogens is 2. The molecule has 0 fully saturated rings. The average molecular weight is 364 g/mol. The molecule has 0 aliphatic carbocycles. The number of carbonyl (C=O) groups excluding carboxylic acids is 2. The van der Waals surface area contributed by atoms with Crippen molar-refractivity contribution < 1.29 is 18.7 Å². The zero-order valence-electron chi connectivity index (χ0n) is 13.8. The van der Waals surface area contributed by atoms with Crippen LogP contribution in [-0.4, -0.2) is 18.0 Å². The molecular weight excluding hydrogens is 345 g/mol. The summed E-state index contributed by atoms with van der Waals surface area (Å²) in [5.41, 5.74) is 1.21. The van der Waals surface area contributed by atoms with Gasteiger partial charge in [0.05, 0.1) is 0 Å². The molecule has 4 nitrogen and oxygen atoms in total. The Morgan fingerprint density at radius 1 is 1.12 bits per heavy atom. The van der Waals surface area contributed by atoms with Gasteiger partial charge >= 0.3 is 5.97 Å². The van der Waals surface area contributed by atoms with E-state index in [1.54, 1.807) is 36.4 Å². The van der Waals surface area contributed by atoms with Gasteiger partial charge in [0.1, 0.15) is 5.82 Å². The molecule has 0 bridgehead atoms. The van der Waals surface area contributed by atoms with Crippen molar-refractivity contribution in [2.45, 2.75) is 32.4 Å². The van der Waals surface area contributed by atoms with E-state index in [-0.39, 0.29) is 25.2 Å². The fourth-order valence-corrected chi connectivity index (χ4v) is 2.42. The van der Waals surface area contributed by atoms with Gasteiger partial charge in [0, 0.05) is 18.0 Å². The predicted octanol–water partition coefficient (Wildman–Crippen LogP) is 3.66. The maximum absolute atomic E-state index is 13.5. The highest BCUT2D eigenvalue weighted by Gasteiger charge is 2.18. The molecule has 0 heterocycles. The van der Waals surface area contributed by atoms with Crippen LogP contribution in [0.15, 0.2) is 48.5 Å². The number of rotatable bonds is 7. The second-order valence-electron chi connectivity index (χ2n) is 5.53. The molecule has 0 aromatic heterocycles. The van der Waals surface area contributed by atoms with Crippen molar-refractivity contribution in [3.63, 3.8) is 0 Å². The van der Waals surface area contributed by atoms with Gasteiger partial charge in [-0.2, -0.15) is 0 Å². The fourth-order valence-electron chi connectivity index (χ4n) is 2.22. The van der Waals surface area contributed by atoms with Gasteiger partial charge in [-0.3, -0.25) is 9.59 Å². The third kappa shape index (κ3) is 5.87. The summed E-state index contributed by atoms with van der Waals surface area (Å²) in [6.07, 6.45) is -0.710. The molecule has 2 aromatic carbocycles. The number of hydrogen-bond acceptors (Lipinski definition) is 3. The minimum atomic E-state index is -0.935. The monoisotopic (exact) mass is 363 g/mol. The van der Waals surface area contributed by atoms with Crippen LogP contribution in [0.4, 0.5) is 4.39 Å². The quantitative estimate of drug-likeness (QED) is 0.764. The van der Waals surface area contributed by atoms with E-state index in [0.717, 1.165) is 5.56 Å². The van der Waals surface area contributed by atoms with Crippen molar-refractivity contribution in [3.8, 4) is 0 Å². The number of amides is 1. The molecule has 0 aliphatic rings. The largest absolute Gasteiger partial charge is 0.453 e. The lowest BCUT2D eigenvalue weighted by molar-refractivity contribution is -0.154. The Balaban J connectivity index is 1.77. The Hall–Kier alpha value is -2.40. The van der Waals surface area contributed by atoms with Gasteiger partial charge in [-0.1, -0.05) is 48.0 Å². The zero-order valence-corrected chi connectivity index (χ0v) is 14.6. The summed E-state index contributed by atoms with van der Waals surface area (Å²) in [6.45, 7) is 1.73. The number of carbonyl (C=O) groups is 2. The molecule has 132 valence electrons. The van der Waals surface area contributed by atoms with E-state index >= 15 is 0 Å². The Morgan fingerprint density at radius 3 is 2.44 bits per heavy atom. The first-order chi connectivity index (χ1) is 12.0. The molecule has 0 radical (unpaired) electrons. The molecular formula is C19H19ClFNO3. The van der Waals surface area contributed by atoms with Gasteiger partial charge in [-0.25, -0.2) is 4.39 Å². The summed E-state index contributed by atoms with van der Waals surface area (Å²) in [7, 11) is 0. The minimum Gasteiger partial charge on any atom is -0.453 e. The van der Waals surface area contributed by atoms with Gasteiger partial charge in [-0.05, 0) is 36.6 Å². The highest BCUT2D eigenvalue weighted by molar-refractivity contribution is 6.31. The summed E-state index contributed by atoms with van der Waals surface area (Å²) < 4.78 is 18.6. The summed E-state index contributed by atoms with van der Waals surface area (Å²) in [6, 6.07) is 13.4. The van der Waals surface area contributed by atoms with Gasteiger partial charge < -0.3 is 10.1 Å². The Kier molecular flexibility index (Phi) is 6.95. The fraction of sp³-hybridized carbons (Fsp3) is 0.263. The molecule has 0 saturated heterocycles. The van der Waals surface area contributed by atoms with Crippen LogP contribution in [0, 0.1) is 5.82 Å². The number of aryl methyl sites for hydroxylation is 1. The first-order valence-electron chi connectivity index (χ1n) is 7.91. The Morgan fingerprint density at radius 2 is 1.76 bits per heavy atom. The molecule has 1 N–H and O–H groups in total. The minimum absolute atomic E-state index is 0.00304. The van der Waals surface area contributed by atoms with Crippen molar-refractivity contribution >= 4 is 23.5 Å². The maximum Gasteiger partial charge on any atom is 0.306 e. The van der Waals surface area contributed by atoms with Crippen LogP contribution in [0.2, 0.25) is 5.02 Å². The van der Waals surface area contributed by atoms with E-state index in [1.807, 2.05) is 6.07 Å². The summed E-state index contributed by atoms with van der Waals surface area (Å²) in [5.74, 6) is -1.33. The van der Waals surface area contributed by atoms with E-state index in [1.165, 1.54) is 13.0 Å². The second-order valence-corrected chi connectivity index (χ2v) is 5.94. The van der Waals surface area contributed by atoms with E-state index < -0.39 is 18.0 Å². The van der Waals surface area contributed by atoms with Crippen LogP contribution < -0.4 is 5.32 Å². The number of nitrogens with one attached hydrogen (secondary N) is 1. The molecule has 1 amide bonds. The first kappa shape index (κ1) is 18.9. The molecule has 2 aromatic rings. The standard InChI is InChI=1S/C19H19ClFNO3/c1-13(19(24)22-12-15-7-2-4-8-16(15)20)25-18(23)11-10-14-6-3-5-9-17(14)21/h2-9,13H,10-12H2,1H3,(H,22,24)/t13-/m0/s1. The summed E-state index contributed by atoms with van der Waals surface area (Å²) in [5, 5.41) is 3.22. The third-order valence-corrected chi connectivity index (χ3v) is 4.01. The molecule has 2 rings (SSSR count). The summed E-state index contributed by atoms with van der Waals surface area (Å²) in [4.78, 5) is 23.8. The second kappa shape index (κ2) is 9.18. The van der Waals surface area contributed by atoms with Crippen LogP contribution in [-0.2, 0) is 27.3 Å². The van der Waals surface area contributed by atoms with Crippen LogP contribution in [0.5, 0.6) is 0 Å². The Bertz CT molecular complexity index is 751. The van der Waals surface area contributed by atoms with Crippen LogP contribution in [0.3, 0.4) is 0 Å². The Labute approximate surface area is 150 Å². The van der Waals surface area contributed by atoms with Gasteiger partial charge in [-0.15, -0.1) is 0 Å². The van der Waals surface area contributed by atoms with E-state index in [4.69, 9.17) is 16.3 Å². The lowest BCUT2D eigenvalue weighted by atomic mass is 10.1. The number of ether oxygens (including phenoxy) is 1. The van der Waals surface area contributed by atoms with Crippen molar-refractivity contribution in [1.29, 1.82) is 0 Å². The van der Waals surface area contributed by atoms with Crippen molar-refractivity contribution in [1.82, 2.24) is 5.32 Å². The molecule has 6 heteroatoms. The van der Waals surface area contributed by atoms with Gasteiger partial charge in [0.2, 0.25) is 0 Å². The number of benzene rings is 2. The topological polar surface area (TPSA) is 55.4 Å². The normalized spacial score (nSPS) is 11.6. The highest BCUT2D eigenvalue weighted by atomic mass is 35.5. The third-order valence-electron chi connectivity index (χ3n) is 3.64. The summed E-state index contributed by atoms with van der Waals surface area (Å²) >= 11 is 6.02. The number of hydrogen-bond donors (Lipinski definition) is 1. The van der Waals surface area contributed by atoms with E-state index in [9.17, 15) is 14.0 Å². The molecule has 25 heavy (non-hydrogen) atoms. The van der Waals surface area contributed by atoms with Crippen LogP contribution in [0.1, 0.15) is 24.5 Å². The smallest absolute Gasteiger partial charge is 0.306 e. The zero-order chi connectivity index (χ0) is 18.2. The molecule has 0 aliphatic heterocycles. The van der Waals surface area contributed by atoms with E-state index in [0.29, 0.717) is 10.6 Å². The van der Waals surface area contributed by atoms with Crippen LogP contribution >= 0.6 is 11.6 Å². The first-order valence-corrected chi connectivity index (χ1v) is 8.29. The highest BCUT2D eigenvalue weighted by Crippen LogP contribution is 2.14. The molecule has 0 saturated carbocycles. The average Bonchev–Trinajstić information content (AvgIpc) is 2.60.